The quantitative estimate of drug-likeness (QED) is 0.770. The van der Waals surface area contributed by atoms with Crippen molar-refractivity contribution in [3.05, 3.63) is 29.0 Å². The van der Waals surface area contributed by atoms with E-state index in [2.05, 4.69) is 43.5 Å². The van der Waals surface area contributed by atoms with Gasteiger partial charge in [-0.2, -0.15) is 0 Å². The monoisotopic (exact) mass is 350 g/mol. The molecule has 0 aliphatic carbocycles. The average molecular weight is 351 g/mol. The molecule has 0 saturated heterocycles. The highest BCUT2D eigenvalue weighted by Crippen LogP contribution is 2.21. The number of fused-ring (bicyclic) bond motifs is 1. The third kappa shape index (κ3) is 4.67. The van der Waals surface area contributed by atoms with E-state index in [1.165, 1.54) is 12.8 Å². The molecule has 0 saturated carbocycles. The maximum Gasteiger partial charge on any atom is 0.319 e. The first-order valence-corrected chi connectivity index (χ1v) is 7.95. The van der Waals surface area contributed by atoms with Crippen LogP contribution in [0.15, 0.2) is 29.0 Å². The van der Waals surface area contributed by atoms with Crippen molar-refractivity contribution >= 4 is 38.7 Å². The summed E-state index contributed by atoms with van der Waals surface area (Å²) in [5.41, 5.74) is 2.09. The number of urea groups is 1. The molecule has 2 aromatic heterocycles. The van der Waals surface area contributed by atoms with Crippen molar-refractivity contribution in [2.75, 3.05) is 11.9 Å². The van der Waals surface area contributed by atoms with Gasteiger partial charge in [0.15, 0.2) is 0 Å². The molecule has 0 bridgehead atoms. The van der Waals surface area contributed by atoms with Gasteiger partial charge in [0.25, 0.3) is 0 Å². The van der Waals surface area contributed by atoms with Crippen molar-refractivity contribution < 1.29 is 4.79 Å². The molecule has 2 heterocycles. The normalized spacial score (nSPS) is 10.6. The number of carbonyl (C=O) groups is 1. The summed E-state index contributed by atoms with van der Waals surface area (Å²) in [6, 6.07) is 3.42. The number of carbonyl (C=O) groups excluding carboxylic acids is 1. The highest BCUT2D eigenvalue weighted by molar-refractivity contribution is 9.10. The Morgan fingerprint density at radius 2 is 2.14 bits per heavy atom. The molecule has 6 heteroatoms. The van der Waals surface area contributed by atoms with E-state index in [1.54, 1.807) is 18.5 Å². The van der Waals surface area contributed by atoms with E-state index in [1.807, 2.05) is 6.07 Å². The maximum atomic E-state index is 11.9. The summed E-state index contributed by atoms with van der Waals surface area (Å²) in [6.07, 6.45) is 7.90. The standard InChI is InChI=1S/C15H19BrN4O/c1-2-3-4-5-7-18-15(21)20-12-6-8-17-13-9-11(16)10-19-14(12)13/h6,8-10H,2-5,7H2,1H3,(H2,17,18,20,21). The van der Waals surface area contributed by atoms with E-state index >= 15 is 0 Å². The first-order valence-electron chi connectivity index (χ1n) is 7.16. The molecule has 5 nitrogen and oxygen atoms in total. The van der Waals surface area contributed by atoms with Crippen LogP contribution in [0.5, 0.6) is 0 Å². The summed E-state index contributed by atoms with van der Waals surface area (Å²) in [6.45, 7) is 2.86. The molecule has 0 aromatic carbocycles. The van der Waals surface area contributed by atoms with Gasteiger partial charge in [-0.3, -0.25) is 9.97 Å². The molecule has 0 spiro atoms. The Kier molecular flexibility index (Phi) is 5.92. The highest BCUT2D eigenvalue weighted by atomic mass is 79.9. The number of hydrogen-bond donors (Lipinski definition) is 2. The maximum absolute atomic E-state index is 11.9. The van der Waals surface area contributed by atoms with Crippen molar-refractivity contribution in [2.45, 2.75) is 32.6 Å². The fourth-order valence-corrected chi connectivity index (χ4v) is 2.35. The average Bonchev–Trinajstić information content (AvgIpc) is 2.47. The van der Waals surface area contributed by atoms with Crippen LogP contribution in [-0.2, 0) is 0 Å². The second-order valence-corrected chi connectivity index (χ2v) is 5.74. The lowest BCUT2D eigenvalue weighted by atomic mass is 10.2. The Hall–Kier alpha value is -1.69. The third-order valence-electron chi connectivity index (χ3n) is 3.11. The Morgan fingerprint density at radius 3 is 2.95 bits per heavy atom. The van der Waals surface area contributed by atoms with Gasteiger partial charge in [-0.1, -0.05) is 26.2 Å². The van der Waals surface area contributed by atoms with E-state index in [9.17, 15) is 4.79 Å². The van der Waals surface area contributed by atoms with Gasteiger partial charge in [0.05, 0.1) is 11.2 Å². The molecule has 0 fully saturated rings. The molecule has 2 amide bonds. The number of anilines is 1. The van der Waals surface area contributed by atoms with Crippen LogP contribution in [-0.4, -0.2) is 22.5 Å². The predicted molar refractivity (Wildman–Crippen MR) is 88.4 cm³/mol. The third-order valence-corrected chi connectivity index (χ3v) is 3.54. The Labute approximate surface area is 132 Å². The van der Waals surface area contributed by atoms with Crippen LogP contribution in [0.25, 0.3) is 11.0 Å². The van der Waals surface area contributed by atoms with Crippen molar-refractivity contribution in [3.8, 4) is 0 Å². The summed E-state index contributed by atoms with van der Waals surface area (Å²) in [5.74, 6) is 0. The van der Waals surface area contributed by atoms with Gasteiger partial charge in [-0.15, -0.1) is 0 Å². The second kappa shape index (κ2) is 7.93. The predicted octanol–water partition coefficient (Wildman–Crippen LogP) is 4.09. The fourth-order valence-electron chi connectivity index (χ4n) is 2.03. The van der Waals surface area contributed by atoms with Gasteiger partial charge in [-0.05, 0) is 34.5 Å². The molecule has 2 N–H and O–H groups in total. The number of aromatic nitrogens is 2. The molecule has 0 aliphatic heterocycles. The summed E-state index contributed by atoms with van der Waals surface area (Å²) in [4.78, 5) is 20.4. The molecule has 0 aliphatic rings. The number of rotatable bonds is 6. The van der Waals surface area contributed by atoms with Crippen LogP contribution in [0.2, 0.25) is 0 Å². The largest absolute Gasteiger partial charge is 0.338 e. The summed E-state index contributed by atoms with van der Waals surface area (Å²) in [7, 11) is 0. The molecule has 0 unspecified atom stereocenters. The lowest BCUT2D eigenvalue weighted by molar-refractivity contribution is 0.252. The van der Waals surface area contributed by atoms with Crippen molar-refractivity contribution in [1.82, 2.24) is 15.3 Å². The topological polar surface area (TPSA) is 66.9 Å². The van der Waals surface area contributed by atoms with Gasteiger partial charge >= 0.3 is 6.03 Å². The number of hydrogen-bond acceptors (Lipinski definition) is 3. The van der Waals surface area contributed by atoms with Crippen LogP contribution in [0, 0.1) is 0 Å². The molecular weight excluding hydrogens is 332 g/mol. The molecule has 2 aromatic rings. The minimum atomic E-state index is -0.205. The Bertz CT molecular complexity index is 618. The Balaban J connectivity index is 1.95. The van der Waals surface area contributed by atoms with Gasteiger partial charge in [-0.25, -0.2) is 4.79 Å². The van der Waals surface area contributed by atoms with Gasteiger partial charge in [0.1, 0.15) is 5.52 Å². The molecule has 21 heavy (non-hydrogen) atoms. The van der Waals surface area contributed by atoms with Gasteiger partial charge in [0, 0.05) is 23.4 Å². The van der Waals surface area contributed by atoms with E-state index in [-0.39, 0.29) is 6.03 Å². The smallest absolute Gasteiger partial charge is 0.319 e. The van der Waals surface area contributed by atoms with Crippen LogP contribution >= 0.6 is 15.9 Å². The second-order valence-electron chi connectivity index (χ2n) is 4.82. The van der Waals surface area contributed by atoms with Crippen molar-refractivity contribution in [2.24, 2.45) is 0 Å². The SMILES string of the molecule is CCCCCCNC(=O)Nc1ccnc2cc(Br)cnc12. The number of nitrogens with zero attached hydrogens (tertiary/aromatic N) is 2. The van der Waals surface area contributed by atoms with Crippen LogP contribution in [0.4, 0.5) is 10.5 Å². The summed E-state index contributed by atoms with van der Waals surface area (Å²) in [5, 5.41) is 5.69. The molecule has 2 rings (SSSR count). The Morgan fingerprint density at radius 1 is 1.29 bits per heavy atom. The molecule has 0 radical (unpaired) electrons. The van der Waals surface area contributed by atoms with Crippen LogP contribution in [0.1, 0.15) is 32.6 Å². The molecule has 112 valence electrons. The molecular formula is C15H19BrN4O. The first kappa shape index (κ1) is 15.7. The van der Waals surface area contributed by atoms with Gasteiger partial charge in [0.2, 0.25) is 0 Å². The van der Waals surface area contributed by atoms with E-state index in [4.69, 9.17) is 0 Å². The highest BCUT2D eigenvalue weighted by Gasteiger charge is 2.07. The van der Waals surface area contributed by atoms with E-state index in [0.717, 1.165) is 22.8 Å². The minimum absolute atomic E-state index is 0.205. The minimum Gasteiger partial charge on any atom is -0.338 e. The number of halogens is 1. The van der Waals surface area contributed by atoms with Crippen LogP contribution < -0.4 is 10.6 Å². The van der Waals surface area contributed by atoms with E-state index in [0.29, 0.717) is 17.7 Å². The number of unbranched alkanes of at least 4 members (excludes halogenated alkanes) is 3. The summed E-state index contributed by atoms with van der Waals surface area (Å²) < 4.78 is 0.861. The molecule has 0 atom stereocenters. The zero-order valence-corrected chi connectivity index (χ0v) is 13.6. The zero-order chi connectivity index (χ0) is 15.1. The van der Waals surface area contributed by atoms with Crippen molar-refractivity contribution in [3.63, 3.8) is 0 Å². The van der Waals surface area contributed by atoms with E-state index < -0.39 is 0 Å². The lowest BCUT2D eigenvalue weighted by Crippen LogP contribution is -2.29. The number of nitrogens with one attached hydrogen (secondary N) is 2. The number of amides is 2. The fraction of sp³-hybridized carbons (Fsp3) is 0.400. The van der Waals surface area contributed by atoms with Gasteiger partial charge < -0.3 is 10.6 Å². The number of pyridine rings is 2. The van der Waals surface area contributed by atoms with Crippen molar-refractivity contribution in [1.29, 1.82) is 0 Å². The lowest BCUT2D eigenvalue weighted by Gasteiger charge is -2.09. The summed E-state index contributed by atoms with van der Waals surface area (Å²) >= 11 is 3.36. The zero-order valence-electron chi connectivity index (χ0n) is 12.0. The first-order chi connectivity index (χ1) is 10.2. The van der Waals surface area contributed by atoms with Crippen LogP contribution in [0.3, 0.4) is 0 Å².